The van der Waals surface area contributed by atoms with Gasteiger partial charge in [-0.05, 0) is 51.4 Å². The van der Waals surface area contributed by atoms with Crippen LogP contribution in [0.25, 0.3) is 0 Å². The second-order valence-corrected chi connectivity index (χ2v) is 20.0. The molecule has 0 rings (SSSR count). The Morgan fingerprint density at radius 2 is 0.902 bits per heavy atom. The number of phosphoric acid groups is 1. The van der Waals surface area contributed by atoms with Gasteiger partial charge in [-0.15, -0.1) is 0 Å². The minimum absolute atomic E-state index is 0.0875. The number of nitrogens with zero attached hydrogens (tertiary/aromatic N) is 1. The van der Waals surface area contributed by atoms with Gasteiger partial charge in [0.25, 0.3) is 0 Å². The van der Waals surface area contributed by atoms with E-state index in [4.69, 9.17) is 18.5 Å². The zero-order chi connectivity index (χ0) is 44.8. The van der Waals surface area contributed by atoms with E-state index in [0.29, 0.717) is 24.1 Å². The van der Waals surface area contributed by atoms with Crippen LogP contribution < -0.4 is 0 Å². The van der Waals surface area contributed by atoms with Gasteiger partial charge in [-0.1, -0.05) is 211 Å². The number of esters is 1. The van der Waals surface area contributed by atoms with Gasteiger partial charge < -0.3 is 18.9 Å². The van der Waals surface area contributed by atoms with Crippen LogP contribution in [-0.4, -0.2) is 75.6 Å². The van der Waals surface area contributed by atoms with E-state index in [1.807, 2.05) is 21.1 Å². The third-order valence-corrected chi connectivity index (χ3v) is 12.2. The lowest BCUT2D eigenvalue weighted by atomic mass is 10.0. The van der Waals surface area contributed by atoms with E-state index in [1.54, 1.807) is 0 Å². The molecule has 61 heavy (non-hydrogen) atoms. The fraction of sp³-hybridized carbons (Fsp3) is 0.865. The second-order valence-electron chi connectivity index (χ2n) is 18.6. The average molecular weight is 883 g/mol. The van der Waals surface area contributed by atoms with Crippen LogP contribution in [0.3, 0.4) is 0 Å². The highest BCUT2D eigenvalue weighted by Crippen LogP contribution is 2.43. The van der Waals surface area contributed by atoms with Crippen molar-refractivity contribution >= 4 is 13.8 Å². The standard InChI is InChI=1S/C52H100NO7P/c1-6-8-10-12-14-16-18-20-22-24-25-26-27-28-30-32-34-36-38-40-42-44-47-57-49-51(50-59-61(55,56)58-48-46-53(3,4)5)60-52(54)45-43-41-39-37-35-33-31-29-23-21-19-17-15-13-11-9-7-2/h18,20,24-25,27-28,51H,6-17,19,21-23,26,29-50H2,1-5H3/p+1/b20-18-,25-24-,28-27-. The predicted molar refractivity (Wildman–Crippen MR) is 261 cm³/mol. The number of unbranched alkanes of at least 4 members (excludes halogenated alkanes) is 28. The van der Waals surface area contributed by atoms with Crippen molar-refractivity contribution in [3.05, 3.63) is 36.5 Å². The van der Waals surface area contributed by atoms with E-state index in [9.17, 15) is 14.3 Å². The molecule has 0 bridgehead atoms. The summed E-state index contributed by atoms with van der Waals surface area (Å²) in [6, 6.07) is 0. The highest BCUT2D eigenvalue weighted by molar-refractivity contribution is 7.47. The summed E-state index contributed by atoms with van der Waals surface area (Å²) in [6.45, 7) is 5.63. The molecule has 8 nitrogen and oxygen atoms in total. The van der Waals surface area contributed by atoms with Crippen LogP contribution in [0.1, 0.15) is 232 Å². The monoisotopic (exact) mass is 883 g/mol. The molecule has 0 saturated carbocycles. The highest BCUT2D eigenvalue weighted by atomic mass is 31.2. The van der Waals surface area contributed by atoms with Crippen molar-refractivity contribution in [2.45, 2.75) is 238 Å². The molecule has 2 atom stereocenters. The van der Waals surface area contributed by atoms with Crippen LogP contribution in [0.15, 0.2) is 36.5 Å². The maximum Gasteiger partial charge on any atom is 0.472 e. The third-order valence-electron chi connectivity index (χ3n) is 11.2. The topological polar surface area (TPSA) is 91.3 Å². The van der Waals surface area contributed by atoms with Gasteiger partial charge >= 0.3 is 13.8 Å². The number of rotatable bonds is 48. The van der Waals surface area contributed by atoms with Gasteiger partial charge in [0.1, 0.15) is 19.3 Å². The maximum absolute atomic E-state index is 12.8. The Kier molecular flexibility index (Phi) is 44.3. The minimum atomic E-state index is -4.28. The molecular formula is C52H101NO7P+. The van der Waals surface area contributed by atoms with Gasteiger partial charge in [0.05, 0.1) is 34.4 Å². The summed E-state index contributed by atoms with van der Waals surface area (Å²) in [7, 11) is 1.67. The van der Waals surface area contributed by atoms with Crippen molar-refractivity contribution < 1.29 is 37.3 Å². The number of allylic oxidation sites excluding steroid dienone is 6. The van der Waals surface area contributed by atoms with E-state index in [-0.39, 0.29) is 25.8 Å². The molecule has 360 valence electrons. The largest absolute Gasteiger partial charge is 0.472 e. The molecule has 0 aromatic carbocycles. The Bertz CT molecular complexity index is 1070. The molecule has 2 unspecified atom stereocenters. The van der Waals surface area contributed by atoms with Crippen LogP contribution in [0, 0.1) is 0 Å². The highest BCUT2D eigenvalue weighted by Gasteiger charge is 2.26. The van der Waals surface area contributed by atoms with Crippen LogP contribution in [0.2, 0.25) is 0 Å². The molecule has 0 aromatic heterocycles. The fourth-order valence-electron chi connectivity index (χ4n) is 7.21. The summed E-state index contributed by atoms with van der Waals surface area (Å²) in [6.07, 6.45) is 54.7. The Hall–Kier alpha value is -1.28. The predicted octanol–water partition coefficient (Wildman–Crippen LogP) is 15.7. The van der Waals surface area contributed by atoms with E-state index >= 15 is 0 Å². The first kappa shape index (κ1) is 59.7. The lowest BCUT2D eigenvalue weighted by Gasteiger charge is -2.24. The summed E-state index contributed by atoms with van der Waals surface area (Å²) in [5, 5.41) is 0. The minimum Gasteiger partial charge on any atom is -0.457 e. The summed E-state index contributed by atoms with van der Waals surface area (Å²) < 4.78 is 35.1. The van der Waals surface area contributed by atoms with Crippen LogP contribution in [0.5, 0.6) is 0 Å². The van der Waals surface area contributed by atoms with Gasteiger partial charge in [0.15, 0.2) is 0 Å². The smallest absolute Gasteiger partial charge is 0.457 e. The lowest BCUT2D eigenvalue weighted by Crippen LogP contribution is -2.37. The second kappa shape index (κ2) is 45.3. The van der Waals surface area contributed by atoms with Crippen LogP contribution in [0.4, 0.5) is 0 Å². The number of carbonyl (C=O) groups is 1. The number of ether oxygens (including phenoxy) is 2. The van der Waals surface area contributed by atoms with Crippen LogP contribution >= 0.6 is 7.82 Å². The molecule has 0 amide bonds. The zero-order valence-electron chi connectivity index (χ0n) is 40.9. The maximum atomic E-state index is 12.8. The molecule has 0 aliphatic carbocycles. The van der Waals surface area contributed by atoms with Gasteiger partial charge in [-0.25, -0.2) is 4.57 Å². The molecular weight excluding hydrogens is 782 g/mol. The molecule has 0 saturated heterocycles. The Labute approximate surface area is 378 Å². The Balaban J connectivity index is 4.15. The summed E-state index contributed by atoms with van der Waals surface area (Å²) >= 11 is 0. The van der Waals surface area contributed by atoms with Crippen molar-refractivity contribution in [2.75, 3.05) is 54.1 Å². The number of phosphoric ester groups is 1. The average Bonchev–Trinajstić information content (AvgIpc) is 3.22. The third kappa shape index (κ3) is 49.6. The Morgan fingerprint density at radius 1 is 0.508 bits per heavy atom. The van der Waals surface area contributed by atoms with E-state index in [2.05, 4.69) is 50.3 Å². The lowest BCUT2D eigenvalue weighted by molar-refractivity contribution is -0.870. The molecule has 0 fully saturated rings. The van der Waals surface area contributed by atoms with Crippen molar-refractivity contribution in [2.24, 2.45) is 0 Å². The number of carbonyl (C=O) groups excluding carboxylic acids is 1. The molecule has 0 aromatic rings. The van der Waals surface area contributed by atoms with Gasteiger partial charge in [-0.3, -0.25) is 13.8 Å². The van der Waals surface area contributed by atoms with E-state index < -0.39 is 13.9 Å². The van der Waals surface area contributed by atoms with Crippen molar-refractivity contribution in [1.29, 1.82) is 0 Å². The summed E-state index contributed by atoms with van der Waals surface area (Å²) in [4.78, 5) is 23.0. The molecule has 9 heteroatoms. The number of likely N-dealkylation sites (N-methyl/N-ethyl adjacent to an activating group) is 1. The number of hydrogen-bond acceptors (Lipinski definition) is 6. The normalized spacial score (nSPS) is 13.9. The zero-order valence-corrected chi connectivity index (χ0v) is 41.8. The number of quaternary nitrogens is 1. The Morgan fingerprint density at radius 3 is 1.34 bits per heavy atom. The molecule has 0 spiro atoms. The van der Waals surface area contributed by atoms with Crippen molar-refractivity contribution in [3.63, 3.8) is 0 Å². The summed E-state index contributed by atoms with van der Waals surface area (Å²) in [5.74, 6) is -0.314. The molecule has 0 aliphatic heterocycles. The van der Waals surface area contributed by atoms with Crippen molar-refractivity contribution in [3.8, 4) is 0 Å². The van der Waals surface area contributed by atoms with E-state index in [0.717, 1.165) is 51.4 Å². The van der Waals surface area contributed by atoms with E-state index in [1.165, 1.54) is 161 Å². The quantitative estimate of drug-likeness (QED) is 0.0214. The first-order valence-electron chi connectivity index (χ1n) is 25.7. The number of hydrogen-bond donors (Lipinski definition) is 1. The SMILES string of the molecule is CCCCCCC/C=C\C/C=C\C/C=C\CCCCCCCCCOCC(COP(=O)(O)OCC[N+](C)(C)C)OC(=O)CCCCCCCCCCCCCCCCCCC. The van der Waals surface area contributed by atoms with Gasteiger partial charge in [0, 0.05) is 13.0 Å². The summed E-state index contributed by atoms with van der Waals surface area (Å²) in [5.41, 5.74) is 0. The molecule has 0 radical (unpaired) electrons. The van der Waals surface area contributed by atoms with Gasteiger partial charge in [0.2, 0.25) is 0 Å². The molecule has 0 heterocycles. The van der Waals surface area contributed by atoms with Crippen LogP contribution in [-0.2, 0) is 27.9 Å². The van der Waals surface area contributed by atoms with Gasteiger partial charge in [-0.2, -0.15) is 0 Å². The fourth-order valence-corrected chi connectivity index (χ4v) is 7.95. The van der Waals surface area contributed by atoms with Crippen molar-refractivity contribution in [1.82, 2.24) is 0 Å². The first-order chi connectivity index (χ1) is 29.6. The molecule has 0 aliphatic rings. The molecule has 1 N–H and O–H groups in total. The first-order valence-corrected chi connectivity index (χ1v) is 27.2.